The number of H-pyrrole nitrogens is 1. The average molecular weight is 260 g/mol. The number of benzene rings is 1. The van der Waals surface area contributed by atoms with Crippen LogP contribution >= 0.6 is 0 Å². The molecule has 0 atom stereocenters. The maximum atomic E-state index is 11.9. The first kappa shape index (κ1) is 12.7. The van der Waals surface area contributed by atoms with Crippen LogP contribution in [0.2, 0.25) is 0 Å². The molecule has 0 unspecified atom stereocenters. The molecule has 0 spiro atoms. The van der Waals surface area contributed by atoms with E-state index in [0.29, 0.717) is 5.56 Å². The van der Waals surface area contributed by atoms with E-state index in [1.807, 2.05) is 19.1 Å². The van der Waals surface area contributed by atoms with Crippen LogP contribution in [0.15, 0.2) is 24.3 Å². The zero-order valence-corrected chi connectivity index (χ0v) is 10.4. The van der Waals surface area contributed by atoms with Crippen molar-refractivity contribution in [3.63, 3.8) is 0 Å². The number of hydrogen-bond acceptors (Lipinski definition) is 5. The lowest BCUT2D eigenvalue weighted by Gasteiger charge is -2.00. The summed E-state index contributed by atoms with van der Waals surface area (Å²) in [5.41, 5.74) is 1.54. The van der Waals surface area contributed by atoms with Crippen LogP contribution in [-0.2, 0) is 4.74 Å². The predicted octanol–water partition coefficient (Wildman–Crippen LogP) is 1.15. The fourth-order valence-corrected chi connectivity index (χ4v) is 1.38. The molecule has 7 heteroatoms. The Balaban J connectivity index is 2.08. The average Bonchev–Trinajstić information content (AvgIpc) is 2.87. The Morgan fingerprint density at radius 1 is 1.26 bits per heavy atom. The van der Waals surface area contributed by atoms with Crippen molar-refractivity contribution in [1.29, 1.82) is 0 Å². The molecule has 1 aromatic carbocycles. The second-order valence-electron chi connectivity index (χ2n) is 3.82. The van der Waals surface area contributed by atoms with Crippen molar-refractivity contribution < 1.29 is 14.3 Å². The van der Waals surface area contributed by atoms with Gasteiger partial charge in [0.2, 0.25) is 11.8 Å². The summed E-state index contributed by atoms with van der Waals surface area (Å²) in [7, 11) is 1.23. The lowest BCUT2D eigenvalue weighted by Crippen LogP contribution is -2.13. The first-order valence-electron chi connectivity index (χ1n) is 5.49. The number of esters is 1. The number of aromatic nitrogens is 3. The summed E-state index contributed by atoms with van der Waals surface area (Å²) >= 11 is 0. The highest BCUT2D eigenvalue weighted by molar-refractivity contribution is 6.03. The monoisotopic (exact) mass is 260 g/mol. The van der Waals surface area contributed by atoms with Crippen LogP contribution < -0.4 is 5.32 Å². The van der Waals surface area contributed by atoms with Crippen molar-refractivity contribution in [1.82, 2.24) is 15.2 Å². The van der Waals surface area contributed by atoms with Crippen molar-refractivity contribution in [3.8, 4) is 0 Å². The first-order chi connectivity index (χ1) is 9.10. The van der Waals surface area contributed by atoms with E-state index in [0.717, 1.165) is 5.56 Å². The largest absolute Gasteiger partial charge is 0.463 e. The Labute approximate surface area is 109 Å². The molecule has 7 nitrogen and oxygen atoms in total. The normalized spacial score (nSPS) is 10.0. The van der Waals surface area contributed by atoms with Gasteiger partial charge >= 0.3 is 5.97 Å². The van der Waals surface area contributed by atoms with E-state index >= 15 is 0 Å². The Kier molecular flexibility index (Phi) is 3.56. The molecule has 0 bridgehead atoms. The Hall–Kier alpha value is -2.70. The van der Waals surface area contributed by atoms with Crippen LogP contribution in [0.5, 0.6) is 0 Å². The van der Waals surface area contributed by atoms with Gasteiger partial charge in [-0.2, -0.15) is 4.98 Å². The summed E-state index contributed by atoms with van der Waals surface area (Å²) < 4.78 is 4.47. The minimum absolute atomic E-state index is 0.0194. The molecule has 0 aliphatic carbocycles. The van der Waals surface area contributed by atoms with Crippen molar-refractivity contribution >= 4 is 17.8 Å². The third-order valence-corrected chi connectivity index (χ3v) is 2.40. The zero-order chi connectivity index (χ0) is 13.8. The number of amides is 1. The SMILES string of the molecule is COC(=O)c1nc(NC(=O)c2ccc(C)cc2)n[nH]1. The molecule has 0 radical (unpaired) electrons. The summed E-state index contributed by atoms with van der Waals surface area (Å²) in [4.78, 5) is 26.8. The van der Waals surface area contributed by atoms with Crippen LogP contribution in [-0.4, -0.2) is 34.2 Å². The van der Waals surface area contributed by atoms with Gasteiger partial charge in [-0.1, -0.05) is 17.7 Å². The van der Waals surface area contributed by atoms with E-state index in [-0.39, 0.29) is 17.7 Å². The smallest absolute Gasteiger partial charge is 0.375 e. The van der Waals surface area contributed by atoms with E-state index < -0.39 is 5.97 Å². The predicted molar refractivity (Wildman–Crippen MR) is 66.9 cm³/mol. The van der Waals surface area contributed by atoms with Gasteiger partial charge in [0.15, 0.2) is 0 Å². The highest BCUT2D eigenvalue weighted by atomic mass is 16.5. The molecular formula is C12H12N4O3. The number of hydrogen-bond donors (Lipinski definition) is 2. The van der Waals surface area contributed by atoms with Crippen LogP contribution in [0.25, 0.3) is 0 Å². The van der Waals surface area contributed by atoms with Gasteiger partial charge in [0, 0.05) is 5.56 Å². The van der Waals surface area contributed by atoms with E-state index in [9.17, 15) is 9.59 Å². The molecule has 0 fully saturated rings. The standard InChI is InChI=1S/C12H12N4O3/c1-7-3-5-8(6-4-7)10(17)14-12-13-9(15-16-12)11(18)19-2/h3-6H,1-2H3,(H2,13,14,15,16,17). The number of ether oxygens (including phenoxy) is 1. The van der Waals surface area contributed by atoms with Gasteiger partial charge in [-0.15, -0.1) is 5.10 Å². The number of carbonyl (C=O) groups is 2. The number of aryl methyl sites for hydroxylation is 1. The Morgan fingerprint density at radius 3 is 2.58 bits per heavy atom. The van der Waals surface area contributed by atoms with Gasteiger partial charge in [-0.3, -0.25) is 15.2 Å². The van der Waals surface area contributed by atoms with Crippen molar-refractivity contribution in [2.75, 3.05) is 12.4 Å². The summed E-state index contributed by atoms with van der Waals surface area (Å²) in [5.74, 6) is -1.05. The van der Waals surface area contributed by atoms with Gasteiger partial charge in [-0.25, -0.2) is 4.79 Å². The van der Waals surface area contributed by atoms with Crippen LogP contribution in [0, 0.1) is 6.92 Å². The summed E-state index contributed by atoms with van der Waals surface area (Å²) in [6.07, 6.45) is 0. The molecule has 2 aromatic rings. The molecular weight excluding hydrogens is 248 g/mol. The molecule has 1 heterocycles. The van der Waals surface area contributed by atoms with Gasteiger partial charge in [0.1, 0.15) is 0 Å². The number of carbonyl (C=O) groups excluding carboxylic acids is 2. The second-order valence-corrected chi connectivity index (χ2v) is 3.82. The maximum absolute atomic E-state index is 11.9. The summed E-state index contributed by atoms with van der Waals surface area (Å²) in [5, 5.41) is 8.55. The fourth-order valence-electron chi connectivity index (χ4n) is 1.38. The maximum Gasteiger partial charge on any atom is 0.375 e. The summed E-state index contributed by atoms with van der Waals surface area (Å²) in [6.45, 7) is 1.93. The number of rotatable bonds is 3. The van der Waals surface area contributed by atoms with Crippen molar-refractivity contribution in [2.24, 2.45) is 0 Å². The van der Waals surface area contributed by atoms with E-state index in [1.165, 1.54) is 7.11 Å². The van der Waals surface area contributed by atoms with Gasteiger partial charge in [0.25, 0.3) is 5.91 Å². The van der Waals surface area contributed by atoms with Gasteiger partial charge in [-0.05, 0) is 19.1 Å². The third-order valence-electron chi connectivity index (χ3n) is 2.40. The lowest BCUT2D eigenvalue weighted by atomic mass is 10.1. The number of nitrogens with one attached hydrogen (secondary N) is 2. The number of nitrogens with zero attached hydrogens (tertiary/aromatic N) is 2. The highest BCUT2D eigenvalue weighted by Gasteiger charge is 2.14. The van der Waals surface area contributed by atoms with Crippen LogP contribution in [0.3, 0.4) is 0 Å². The van der Waals surface area contributed by atoms with Gasteiger partial charge in [0.05, 0.1) is 7.11 Å². The Bertz CT molecular complexity index is 604. The second kappa shape index (κ2) is 5.30. The highest BCUT2D eigenvalue weighted by Crippen LogP contribution is 2.06. The van der Waals surface area contributed by atoms with Crippen molar-refractivity contribution in [3.05, 3.63) is 41.2 Å². The molecule has 1 aromatic heterocycles. The number of aromatic amines is 1. The minimum atomic E-state index is -0.650. The Morgan fingerprint density at radius 2 is 1.95 bits per heavy atom. The quantitative estimate of drug-likeness (QED) is 0.807. The lowest BCUT2D eigenvalue weighted by molar-refractivity contribution is 0.0587. The van der Waals surface area contributed by atoms with E-state index in [2.05, 4.69) is 25.2 Å². The molecule has 0 saturated carbocycles. The molecule has 0 aliphatic heterocycles. The molecule has 2 N–H and O–H groups in total. The molecule has 98 valence electrons. The fraction of sp³-hybridized carbons (Fsp3) is 0.167. The number of anilines is 1. The van der Waals surface area contributed by atoms with Crippen LogP contribution in [0.1, 0.15) is 26.5 Å². The first-order valence-corrected chi connectivity index (χ1v) is 5.49. The van der Waals surface area contributed by atoms with Crippen LogP contribution in [0.4, 0.5) is 5.95 Å². The zero-order valence-electron chi connectivity index (χ0n) is 10.4. The third kappa shape index (κ3) is 2.95. The van der Waals surface area contributed by atoms with E-state index in [4.69, 9.17) is 0 Å². The molecule has 1 amide bonds. The topological polar surface area (TPSA) is 97.0 Å². The van der Waals surface area contributed by atoms with Crippen molar-refractivity contribution in [2.45, 2.75) is 6.92 Å². The molecule has 0 aliphatic rings. The molecule has 2 rings (SSSR count). The minimum Gasteiger partial charge on any atom is -0.463 e. The van der Waals surface area contributed by atoms with Gasteiger partial charge < -0.3 is 4.74 Å². The summed E-state index contributed by atoms with van der Waals surface area (Å²) in [6, 6.07) is 7.04. The molecule has 0 saturated heterocycles. The van der Waals surface area contributed by atoms with E-state index in [1.54, 1.807) is 12.1 Å². The number of methoxy groups -OCH3 is 1. The molecule has 19 heavy (non-hydrogen) atoms.